The third kappa shape index (κ3) is 1.67. The summed E-state index contributed by atoms with van der Waals surface area (Å²) in [5.41, 5.74) is -0.508. The van der Waals surface area contributed by atoms with Crippen LogP contribution in [0.2, 0.25) is 0 Å². The van der Waals surface area contributed by atoms with Crippen molar-refractivity contribution >= 4 is 16.8 Å². The molecular weight excluding hydrogens is 216 g/mol. The number of hydrogen-bond acceptors (Lipinski definition) is 3. The Morgan fingerprint density at radius 2 is 1.94 bits per heavy atom. The monoisotopic (exact) mass is 230 g/mol. The number of ketones is 1. The van der Waals surface area contributed by atoms with Crippen molar-refractivity contribution in [2.75, 3.05) is 0 Å². The number of carbonyl (C=O) groups is 1. The van der Waals surface area contributed by atoms with Crippen LogP contribution in [-0.2, 0) is 0 Å². The highest BCUT2D eigenvalue weighted by Crippen LogP contribution is 2.33. The Morgan fingerprint density at radius 3 is 2.65 bits per heavy atom. The Balaban J connectivity index is 2.01. The topological polar surface area (TPSA) is 50.4 Å². The molecule has 1 heterocycles. The van der Waals surface area contributed by atoms with Crippen LogP contribution >= 0.6 is 0 Å². The average molecular weight is 230 g/mol. The van der Waals surface area contributed by atoms with Gasteiger partial charge in [0.25, 0.3) is 0 Å². The van der Waals surface area contributed by atoms with E-state index in [-0.39, 0.29) is 11.5 Å². The van der Waals surface area contributed by atoms with E-state index < -0.39 is 5.60 Å². The Bertz CT molecular complexity index is 529. The SMILES string of the molecule is O=C(c1cc2ccccc2o1)C1(O)CCCC1. The van der Waals surface area contributed by atoms with Crippen molar-refractivity contribution in [2.24, 2.45) is 0 Å². The van der Waals surface area contributed by atoms with E-state index >= 15 is 0 Å². The highest BCUT2D eigenvalue weighted by molar-refractivity contribution is 6.03. The van der Waals surface area contributed by atoms with Crippen LogP contribution in [-0.4, -0.2) is 16.5 Å². The van der Waals surface area contributed by atoms with Crippen molar-refractivity contribution in [3.8, 4) is 0 Å². The van der Waals surface area contributed by atoms with Crippen LogP contribution in [0.25, 0.3) is 11.0 Å². The van der Waals surface area contributed by atoms with Crippen molar-refractivity contribution in [3.05, 3.63) is 36.1 Å². The lowest BCUT2D eigenvalue weighted by molar-refractivity contribution is 0.0328. The summed E-state index contributed by atoms with van der Waals surface area (Å²) in [4.78, 5) is 12.2. The lowest BCUT2D eigenvalue weighted by Gasteiger charge is -2.18. The van der Waals surface area contributed by atoms with Crippen molar-refractivity contribution in [1.29, 1.82) is 0 Å². The molecule has 2 aromatic rings. The van der Waals surface area contributed by atoms with Crippen molar-refractivity contribution < 1.29 is 14.3 Å². The molecular formula is C14H14O3. The number of hydrogen-bond donors (Lipinski definition) is 1. The minimum absolute atomic E-state index is 0.272. The predicted octanol–water partition coefficient (Wildman–Crippen LogP) is 2.92. The maximum atomic E-state index is 12.2. The summed E-state index contributed by atoms with van der Waals surface area (Å²) in [6, 6.07) is 9.20. The number of aliphatic hydroxyl groups is 1. The highest BCUT2D eigenvalue weighted by atomic mass is 16.4. The number of para-hydroxylation sites is 1. The van der Waals surface area contributed by atoms with Crippen LogP contribution in [0.15, 0.2) is 34.7 Å². The molecule has 0 bridgehead atoms. The quantitative estimate of drug-likeness (QED) is 0.807. The van der Waals surface area contributed by atoms with E-state index in [2.05, 4.69) is 0 Å². The maximum Gasteiger partial charge on any atom is 0.229 e. The molecule has 1 aliphatic carbocycles. The fourth-order valence-electron chi connectivity index (χ4n) is 2.51. The first-order valence-electron chi connectivity index (χ1n) is 5.95. The first-order chi connectivity index (χ1) is 8.19. The van der Waals surface area contributed by atoms with Gasteiger partial charge in [0.15, 0.2) is 5.76 Å². The Kier molecular flexibility index (Phi) is 2.30. The molecule has 1 aliphatic rings. The average Bonchev–Trinajstić information content (AvgIpc) is 2.94. The van der Waals surface area contributed by atoms with Gasteiger partial charge in [-0.2, -0.15) is 0 Å². The third-order valence-electron chi connectivity index (χ3n) is 3.50. The lowest BCUT2D eigenvalue weighted by Crippen LogP contribution is -2.34. The third-order valence-corrected chi connectivity index (χ3v) is 3.50. The molecule has 0 radical (unpaired) electrons. The van der Waals surface area contributed by atoms with Crippen LogP contribution in [0.1, 0.15) is 36.2 Å². The number of rotatable bonds is 2. The molecule has 1 N–H and O–H groups in total. The van der Waals surface area contributed by atoms with E-state index in [0.29, 0.717) is 18.4 Å². The molecule has 1 aromatic carbocycles. The zero-order valence-corrected chi connectivity index (χ0v) is 9.48. The number of Topliss-reactive ketones (excluding diaryl/α,β-unsaturated/α-hetero) is 1. The second-order valence-corrected chi connectivity index (χ2v) is 4.72. The van der Waals surface area contributed by atoms with E-state index in [0.717, 1.165) is 18.2 Å². The van der Waals surface area contributed by atoms with Gasteiger partial charge >= 0.3 is 0 Å². The van der Waals surface area contributed by atoms with E-state index in [9.17, 15) is 9.90 Å². The van der Waals surface area contributed by atoms with Crippen molar-refractivity contribution in [1.82, 2.24) is 0 Å². The normalized spacial score (nSPS) is 18.6. The summed E-state index contributed by atoms with van der Waals surface area (Å²) in [5.74, 6) is 0.00167. The smallest absolute Gasteiger partial charge is 0.229 e. The molecule has 0 unspecified atom stereocenters. The molecule has 17 heavy (non-hydrogen) atoms. The lowest BCUT2D eigenvalue weighted by atomic mass is 9.95. The predicted molar refractivity (Wildman–Crippen MR) is 64.0 cm³/mol. The summed E-state index contributed by atoms with van der Waals surface area (Å²) in [6.45, 7) is 0. The largest absolute Gasteiger partial charge is 0.453 e. The van der Waals surface area contributed by atoms with Gasteiger partial charge in [0.05, 0.1) is 0 Å². The summed E-state index contributed by atoms with van der Waals surface area (Å²) >= 11 is 0. The zero-order chi connectivity index (χ0) is 11.9. The number of furan rings is 1. The molecule has 3 heteroatoms. The second kappa shape index (κ2) is 3.70. The van der Waals surface area contributed by atoms with Crippen LogP contribution < -0.4 is 0 Å². The fourth-order valence-corrected chi connectivity index (χ4v) is 2.51. The van der Waals surface area contributed by atoms with Crippen LogP contribution in [0, 0.1) is 0 Å². The highest BCUT2D eigenvalue weighted by Gasteiger charge is 2.40. The molecule has 1 saturated carbocycles. The molecule has 0 atom stereocenters. The van der Waals surface area contributed by atoms with Gasteiger partial charge in [0, 0.05) is 5.39 Å². The Morgan fingerprint density at radius 1 is 1.24 bits per heavy atom. The summed E-state index contributed by atoms with van der Waals surface area (Å²) < 4.78 is 5.50. The van der Waals surface area contributed by atoms with Gasteiger partial charge in [-0.25, -0.2) is 0 Å². The minimum Gasteiger partial charge on any atom is -0.453 e. The summed E-state index contributed by atoms with van der Waals surface area (Å²) in [6.07, 6.45) is 2.90. The zero-order valence-electron chi connectivity index (χ0n) is 9.48. The first kappa shape index (κ1) is 10.5. The van der Waals surface area contributed by atoms with Crippen LogP contribution in [0.4, 0.5) is 0 Å². The van der Waals surface area contributed by atoms with Crippen LogP contribution in [0.3, 0.4) is 0 Å². The van der Waals surface area contributed by atoms with E-state index in [4.69, 9.17) is 4.42 Å². The first-order valence-corrected chi connectivity index (χ1v) is 5.95. The fraction of sp³-hybridized carbons (Fsp3) is 0.357. The number of benzene rings is 1. The molecule has 0 amide bonds. The van der Waals surface area contributed by atoms with Gasteiger partial charge in [0.2, 0.25) is 5.78 Å². The van der Waals surface area contributed by atoms with E-state index in [1.165, 1.54) is 0 Å². The van der Waals surface area contributed by atoms with Crippen LogP contribution in [0.5, 0.6) is 0 Å². The van der Waals surface area contributed by atoms with Gasteiger partial charge in [0.1, 0.15) is 11.2 Å². The molecule has 3 rings (SSSR count). The van der Waals surface area contributed by atoms with Crippen molar-refractivity contribution in [3.63, 3.8) is 0 Å². The van der Waals surface area contributed by atoms with Gasteiger partial charge in [-0.3, -0.25) is 4.79 Å². The second-order valence-electron chi connectivity index (χ2n) is 4.72. The minimum atomic E-state index is -1.20. The number of carbonyl (C=O) groups excluding carboxylic acids is 1. The standard InChI is InChI=1S/C14H14O3/c15-13(14(16)7-3-4-8-14)12-9-10-5-1-2-6-11(10)17-12/h1-2,5-6,9,16H,3-4,7-8H2. The molecule has 88 valence electrons. The van der Waals surface area contributed by atoms with Gasteiger partial charge < -0.3 is 9.52 Å². The molecule has 0 spiro atoms. The molecule has 1 aromatic heterocycles. The molecule has 0 aliphatic heterocycles. The van der Waals surface area contributed by atoms with E-state index in [1.807, 2.05) is 24.3 Å². The van der Waals surface area contributed by atoms with Gasteiger partial charge in [-0.05, 0) is 37.8 Å². The molecule has 1 fully saturated rings. The Hall–Kier alpha value is -1.61. The van der Waals surface area contributed by atoms with E-state index in [1.54, 1.807) is 6.07 Å². The van der Waals surface area contributed by atoms with Crippen molar-refractivity contribution in [2.45, 2.75) is 31.3 Å². The van der Waals surface area contributed by atoms with Gasteiger partial charge in [-0.1, -0.05) is 18.2 Å². The molecule has 3 nitrogen and oxygen atoms in total. The number of fused-ring (bicyclic) bond motifs is 1. The molecule has 0 saturated heterocycles. The van der Waals surface area contributed by atoms with Gasteiger partial charge in [-0.15, -0.1) is 0 Å². The maximum absolute atomic E-state index is 12.2. The summed E-state index contributed by atoms with van der Waals surface area (Å²) in [5, 5.41) is 11.1. The Labute approximate surface area is 99.0 Å². The summed E-state index contributed by atoms with van der Waals surface area (Å²) in [7, 11) is 0.